The Bertz CT molecular complexity index is 490. The first-order chi connectivity index (χ1) is 9.19. The predicted octanol–water partition coefficient (Wildman–Crippen LogP) is 1.37. The molecule has 100 valence electrons. The van der Waals surface area contributed by atoms with E-state index in [-0.39, 0.29) is 18.0 Å². The van der Waals surface area contributed by atoms with Gasteiger partial charge in [-0.1, -0.05) is 12.1 Å². The number of carbonyl (C=O) groups excluding carboxylic acids is 2. The third kappa shape index (κ3) is 2.33. The van der Waals surface area contributed by atoms with Gasteiger partial charge in [-0.25, -0.2) is 9.69 Å². The molecule has 0 aromatic heterocycles. The van der Waals surface area contributed by atoms with Crippen LogP contribution in [0.4, 0.5) is 10.5 Å². The molecule has 2 aliphatic rings. The van der Waals surface area contributed by atoms with Crippen molar-refractivity contribution >= 4 is 17.6 Å². The minimum Gasteiger partial charge on any atom is -0.334 e. The quantitative estimate of drug-likeness (QED) is 0.860. The second-order valence-electron chi connectivity index (χ2n) is 5.20. The van der Waals surface area contributed by atoms with Crippen LogP contribution in [0.5, 0.6) is 0 Å². The summed E-state index contributed by atoms with van der Waals surface area (Å²) in [6, 6.07) is 6.91. The number of nitrogens with one attached hydrogen (secondary N) is 1. The third-order valence-corrected chi connectivity index (χ3v) is 3.78. The zero-order valence-corrected chi connectivity index (χ0v) is 10.6. The van der Waals surface area contributed by atoms with E-state index in [9.17, 15) is 9.59 Å². The van der Waals surface area contributed by atoms with Gasteiger partial charge in [0.15, 0.2) is 0 Å². The average molecular weight is 259 g/mol. The van der Waals surface area contributed by atoms with Crippen LogP contribution in [0, 0.1) is 5.92 Å². The number of amides is 3. The zero-order valence-electron chi connectivity index (χ0n) is 10.6. The molecule has 0 spiro atoms. The van der Waals surface area contributed by atoms with Crippen molar-refractivity contribution in [3.8, 4) is 0 Å². The fourth-order valence-electron chi connectivity index (χ4n) is 2.49. The number of nitrogens with two attached hydrogens (primary N) is 1. The summed E-state index contributed by atoms with van der Waals surface area (Å²) in [5.74, 6) is 0.371. The zero-order chi connectivity index (χ0) is 13.4. The van der Waals surface area contributed by atoms with E-state index in [4.69, 9.17) is 5.73 Å². The van der Waals surface area contributed by atoms with Crippen molar-refractivity contribution in [2.24, 2.45) is 11.7 Å². The van der Waals surface area contributed by atoms with Crippen molar-refractivity contribution in [2.75, 3.05) is 4.90 Å². The summed E-state index contributed by atoms with van der Waals surface area (Å²) in [7, 11) is 0. The first kappa shape index (κ1) is 12.2. The molecule has 3 N–H and O–H groups in total. The van der Waals surface area contributed by atoms with Crippen LogP contribution >= 0.6 is 0 Å². The van der Waals surface area contributed by atoms with Crippen molar-refractivity contribution in [3.63, 3.8) is 0 Å². The summed E-state index contributed by atoms with van der Waals surface area (Å²) in [5, 5.41) is 2.93. The van der Waals surface area contributed by atoms with E-state index in [1.807, 2.05) is 12.1 Å². The van der Waals surface area contributed by atoms with Crippen molar-refractivity contribution in [2.45, 2.75) is 31.8 Å². The largest absolute Gasteiger partial charge is 0.334 e. The summed E-state index contributed by atoms with van der Waals surface area (Å²) in [4.78, 5) is 25.4. The topological polar surface area (TPSA) is 75.4 Å². The highest BCUT2D eigenvalue weighted by Gasteiger charge is 2.40. The molecule has 1 unspecified atom stereocenters. The van der Waals surface area contributed by atoms with E-state index in [1.54, 1.807) is 12.1 Å². The normalized spacial score (nSPS) is 23.4. The first-order valence-corrected chi connectivity index (χ1v) is 6.61. The molecular formula is C14H17N3O2. The smallest absolute Gasteiger partial charge is 0.328 e. The lowest BCUT2D eigenvalue weighted by Crippen LogP contribution is -2.55. The highest BCUT2D eigenvalue weighted by atomic mass is 16.2. The minimum atomic E-state index is -0.311. The number of carbonyl (C=O) groups is 2. The maximum atomic E-state index is 12.1. The van der Waals surface area contributed by atoms with Crippen molar-refractivity contribution in [1.82, 2.24) is 5.32 Å². The Kier molecular flexibility index (Phi) is 2.98. The van der Waals surface area contributed by atoms with Crippen LogP contribution < -0.4 is 16.0 Å². The van der Waals surface area contributed by atoms with Crippen LogP contribution in [0.15, 0.2) is 24.3 Å². The number of anilines is 1. The lowest BCUT2D eigenvalue weighted by Gasteiger charge is -2.31. The van der Waals surface area contributed by atoms with Crippen LogP contribution in [0.2, 0.25) is 0 Å². The van der Waals surface area contributed by atoms with Crippen LogP contribution in [0.3, 0.4) is 0 Å². The van der Waals surface area contributed by atoms with Gasteiger partial charge in [0.25, 0.3) is 0 Å². The molecule has 1 aliphatic carbocycles. The number of benzene rings is 1. The van der Waals surface area contributed by atoms with Gasteiger partial charge in [0.1, 0.15) is 0 Å². The molecule has 1 atom stereocenters. The molecule has 1 aromatic rings. The summed E-state index contributed by atoms with van der Waals surface area (Å²) >= 11 is 0. The number of hydrogen-bond acceptors (Lipinski definition) is 3. The SMILES string of the molecule is NCc1ccc(N2C(=O)CC(C3CC3)NC2=O)cc1. The molecule has 2 fully saturated rings. The lowest BCUT2D eigenvalue weighted by atomic mass is 10.1. The van der Waals surface area contributed by atoms with E-state index in [2.05, 4.69) is 5.32 Å². The maximum Gasteiger partial charge on any atom is 0.328 e. The summed E-state index contributed by atoms with van der Waals surface area (Å²) < 4.78 is 0. The van der Waals surface area contributed by atoms with Gasteiger partial charge < -0.3 is 11.1 Å². The summed E-state index contributed by atoms with van der Waals surface area (Å²) in [5.41, 5.74) is 7.11. The Morgan fingerprint density at radius 3 is 2.42 bits per heavy atom. The third-order valence-electron chi connectivity index (χ3n) is 3.78. The lowest BCUT2D eigenvalue weighted by molar-refractivity contribution is -0.119. The van der Waals surface area contributed by atoms with Crippen molar-refractivity contribution in [1.29, 1.82) is 0 Å². The standard InChI is InChI=1S/C14H17N3O2/c15-8-9-1-5-11(6-2-9)17-13(18)7-12(10-3-4-10)16-14(17)19/h1-2,5-6,10,12H,3-4,7-8,15H2,(H,16,19). The van der Waals surface area contributed by atoms with Gasteiger partial charge in [-0.3, -0.25) is 4.79 Å². The van der Waals surface area contributed by atoms with Crippen LogP contribution in [0.1, 0.15) is 24.8 Å². The van der Waals surface area contributed by atoms with Crippen molar-refractivity contribution < 1.29 is 9.59 Å². The first-order valence-electron chi connectivity index (χ1n) is 6.61. The van der Waals surface area contributed by atoms with Crippen LogP contribution in [-0.2, 0) is 11.3 Å². The van der Waals surface area contributed by atoms with Crippen LogP contribution in [-0.4, -0.2) is 18.0 Å². The van der Waals surface area contributed by atoms with Gasteiger partial charge in [0, 0.05) is 19.0 Å². The minimum absolute atomic E-state index is 0.0274. The molecule has 3 amide bonds. The Balaban J connectivity index is 1.79. The number of rotatable bonds is 3. The highest BCUT2D eigenvalue weighted by molar-refractivity contribution is 6.16. The van der Waals surface area contributed by atoms with Gasteiger partial charge >= 0.3 is 6.03 Å². The van der Waals surface area contributed by atoms with Gasteiger partial charge in [-0.2, -0.15) is 0 Å². The van der Waals surface area contributed by atoms with Crippen molar-refractivity contribution in [3.05, 3.63) is 29.8 Å². The van der Waals surface area contributed by atoms with Gasteiger partial charge in [0.05, 0.1) is 5.69 Å². The molecule has 19 heavy (non-hydrogen) atoms. The molecule has 0 bridgehead atoms. The Labute approximate surface area is 111 Å². The summed E-state index contributed by atoms with van der Waals surface area (Å²) in [6.45, 7) is 0.449. The van der Waals surface area contributed by atoms with E-state index in [0.29, 0.717) is 24.6 Å². The molecule has 3 rings (SSSR count). The number of hydrogen-bond donors (Lipinski definition) is 2. The Hall–Kier alpha value is -1.88. The molecule has 5 nitrogen and oxygen atoms in total. The van der Waals surface area contributed by atoms with E-state index in [1.165, 1.54) is 4.90 Å². The average Bonchev–Trinajstić information content (AvgIpc) is 3.23. The van der Waals surface area contributed by atoms with Gasteiger partial charge in [0.2, 0.25) is 5.91 Å². The Morgan fingerprint density at radius 1 is 1.21 bits per heavy atom. The fraction of sp³-hybridized carbons (Fsp3) is 0.429. The highest BCUT2D eigenvalue weighted by Crippen LogP contribution is 2.36. The second kappa shape index (κ2) is 4.66. The predicted molar refractivity (Wildman–Crippen MR) is 71.5 cm³/mol. The molecule has 1 heterocycles. The Morgan fingerprint density at radius 2 is 1.89 bits per heavy atom. The van der Waals surface area contributed by atoms with E-state index in [0.717, 1.165) is 18.4 Å². The molecule has 1 saturated carbocycles. The molecule has 1 aromatic carbocycles. The molecule has 5 heteroatoms. The number of imide groups is 1. The monoisotopic (exact) mass is 259 g/mol. The molecule has 1 aliphatic heterocycles. The molecular weight excluding hydrogens is 242 g/mol. The number of urea groups is 1. The van der Waals surface area contributed by atoms with E-state index >= 15 is 0 Å². The second-order valence-corrected chi connectivity index (χ2v) is 5.20. The van der Waals surface area contributed by atoms with Gasteiger partial charge in [-0.05, 0) is 36.5 Å². The fourth-order valence-corrected chi connectivity index (χ4v) is 2.49. The molecule has 0 radical (unpaired) electrons. The number of nitrogens with zero attached hydrogens (tertiary/aromatic N) is 1. The summed E-state index contributed by atoms with van der Waals surface area (Å²) in [6.07, 6.45) is 2.63. The maximum absolute atomic E-state index is 12.1. The van der Waals surface area contributed by atoms with Crippen LogP contribution in [0.25, 0.3) is 0 Å². The molecule has 1 saturated heterocycles. The van der Waals surface area contributed by atoms with Gasteiger partial charge in [-0.15, -0.1) is 0 Å². The van der Waals surface area contributed by atoms with E-state index < -0.39 is 0 Å².